The first-order valence-corrected chi connectivity index (χ1v) is 6.78. The molecule has 0 heterocycles. The molecule has 1 heteroatoms. The smallest absolute Gasteiger partial charge is 0.0211 e. The molecule has 0 spiro atoms. The zero-order chi connectivity index (χ0) is 12.5. The minimum absolute atomic E-state index is 0.470. The largest absolute Gasteiger partial charge is 0.309 e. The third-order valence-corrected chi connectivity index (χ3v) is 4.30. The highest BCUT2D eigenvalue weighted by Crippen LogP contribution is 2.37. The van der Waals surface area contributed by atoms with Crippen molar-refractivity contribution < 1.29 is 0 Å². The van der Waals surface area contributed by atoms with Crippen molar-refractivity contribution in [1.82, 2.24) is 5.32 Å². The van der Waals surface area contributed by atoms with Crippen molar-refractivity contribution in [3.05, 3.63) is 34.9 Å². The van der Waals surface area contributed by atoms with E-state index in [0.29, 0.717) is 11.5 Å². The molecule has 94 valence electrons. The molecule has 0 aliphatic heterocycles. The summed E-state index contributed by atoms with van der Waals surface area (Å²) in [6, 6.07) is 7.41. The Morgan fingerprint density at radius 1 is 1.29 bits per heavy atom. The van der Waals surface area contributed by atoms with Crippen LogP contribution in [0.2, 0.25) is 0 Å². The van der Waals surface area contributed by atoms with E-state index in [0.717, 1.165) is 6.54 Å². The Morgan fingerprint density at radius 3 is 2.71 bits per heavy atom. The zero-order valence-corrected chi connectivity index (χ0v) is 11.6. The fourth-order valence-corrected chi connectivity index (χ4v) is 2.93. The van der Waals surface area contributed by atoms with Crippen LogP contribution in [-0.2, 0) is 6.54 Å². The molecule has 1 nitrogen and oxygen atoms in total. The zero-order valence-electron chi connectivity index (χ0n) is 11.6. The Morgan fingerprint density at radius 2 is 2.06 bits per heavy atom. The van der Waals surface area contributed by atoms with Crippen molar-refractivity contribution >= 4 is 0 Å². The van der Waals surface area contributed by atoms with Crippen molar-refractivity contribution in [2.45, 2.75) is 59.5 Å². The summed E-state index contributed by atoms with van der Waals surface area (Å²) in [4.78, 5) is 0. The summed E-state index contributed by atoms with van der Waals surface area (Å²) in [5.74, 6) is 0. The maximum absolute atomic E-state index is 3.76. The van der Waals surface area contributed by atoms with Crippen molar-refractivity contribution in [2.75, 3.05) is 0 Å². The molecule has 17 heavy (non-hydrogen) atoms. The maximum Gasteiger partial charge on any atom is 0.0211 e. The van der Waals surface area contributed by atoms with Crippen molar-refractivity contribution in [3.8, 4) is 0 Å². The van der Waals surface area contributed by atoms with E-state index < -0.39 is 0 Å². The highest BCUT2D eigenvalue weighted by molar-refractivity contribution is 5.30. The summed E-state index contributed by atoms with van der Waals surface area (Å²) < 4.78 is 0. The van der Waals surface area contributed by atoms with Crippen LogP contribution < -0.4 is 5.32 Å². The molecule has 1 saturated carbocycles. The van der Waals surface area contributed by atoms with Gasteiger partial charge in [-0.1, -0.05) is 44.0 Å². The Labute approximate surface area is 106 Å². The van der Waals surface area contributed by atoms with E-state index in [1.54, 1.807) is 0 Å². The van der Waals surface area contributed by atoms with Gasteiger partial charge in [0.2, 0.25) is 0 Å². The molecule has 1 unspecified atom stereocenters. The van der Waals surface area contributed by atoms with Gasteiger partial charge in [0.15, 0.2) is 0 Å². The molecule has 0 aromatic heterocycles. The quantitative estimate of drug-likeness (QED) is 0.830. The van der Waals surface area contributed by atoms with Gasteiger partial charge in [0.1, 0.15) is 0 Å². The Bertz CT molecular complexity index is 393. The van der Waals surface area contributed by atoms with Gasteiger partial charge in [-0.25, -0.2) is 0 Å². The van der Waals surface area contributed by atoms with Crippen LogP contribution in [0.15, 0.2) is 18.2 Å². The molecule has 0 radical (unpaired) electrons. The highest BCUT2D eigenvalue weighted by Gasteiger charge is 2.33. The second-order valence-electron chi connectivity index (χ2n) is 6.24. The van der Waals surface area contributed by atoms with Gasteiger partial charge in [-0.2, -0.15) is 0 Å². The molecule has 1 aliphatic carbocycles. The van der Waals surface area contributed by atoms with Gasteiger partial charge in [-0.15, -0.1) is 0 Å². The summed E-state index contributed by atoms with van der Waals surface area (Å²) in [6.45, 7) is 10.2. The van der Waals surface area contributed by atoms with Crippen LogP contribution in [0.3, 0.4) is 0 Å². The lowest BCUT2D eigenvalue weighted by atomic mass is 9.87. The minimum Gasteiger partial charge on any atom is -0.309 e. The molecular weight excluding hydrogens is 206 g/mol. The fourth-order valence-electron chi connectivity index (χ4n) is 2.93. The summed E-state index contributed by atoms with van der Waals surface area (Å²) >= 11 is 0. The van der Waals surface area contributed by atoms with Gasteiger partial charge in [-0.3, -0.25) is 0 Å². The van der Waals surface area contributed by atoms with Crippen molar-refractivity contribution in [1.29, 1.82) is 0 Å². The third-order valence-electron chi connectivity index (χ3n) is 4.30. The van der Waals surface area contributed by atoms with Crippen LogP contribution in [0.5, 0.6) is 0 Å². The van der Waals surface area contributed by atoms with E-state index in [2.05, 4.69) is 51.2 Å². The van der Waals surface area contributed by atoms with Gasteiger partial charge in [0.05, 0.1) is 0 Å². The third kappa shape index (κ3) is 2.90. The van der Waals surface area contributed by atoms with E-state index in [9.17, 15) is 0 Å². The average molecular weight is 231 g/mol. The first-order chi connectivity index (χ1) is 7.99. The van der Waals surface area contributed by atoms with E-state index in [1.165, 1.54) is 36.0 Å². The van der Waals surface area contributed by atoms with E-state index >= 15 is 0 Å². The second-order valence-corrected chi connectivity index (χ2v) is 6.24. The number of nitrogens with one attached hydrogen (secondary N) is 1. The minimum atomic E-state index is 0.470. The lowest BCUT2D eigenvalue weighted by Gasteiger charge is -2.28. The number of benzene rings is 1. The van der Waals surface area contributed by atoms with Crippen LogP contribution in [0.25, 0.3) is 0 Å². The van der Waals surface area contributed by atoms with Gasteiger partial charge in [0.25, 0.3) is 0 Å². The van der Waals surface area contributed by atoms with Crippen LogP contribution in [-0.4, -0.2) is 6.04 Å². The Hall–Kier alpha value is -0.820. The number of rotatable bonds is 3. The first-order valence-electron chi connectivity index (χ1n) is 6.78. The van der Waals surface area contributed by atoms with Crippen LogP contribution in [0, 0.1) is 19.3 Å². The molecular formula is C16H25N. The van der Waals surface area contributed by atoms with Crippen LogP contribution in [0.1, 0.15) is 49.8 Å². The van der Waals surface area contributed by atoms with Gasteiger partial charge >= 0.3 is 0 Å². The molecule has 0 saturated heterocycles. The SMILES string of the molecule is Cc1ccc(C)c(CNC2CCCC2(C)C)c1. The monoisotopic (exact) mass is 231 g/mol. The molecule has 1 aromatic rings. The molecule has 1 aliphatic rings. The lowest BCUT2D eigenvalue weighted by molar-refractivity contribution is 0.282. The van der Waals surface area contributed by atoms with Crippen molar-refractivity contribution in [2.24, 2.45) is 5.41 Å². The van der Waals surface area contributed by atoms with Gasteiger partial charge in [-0.05, 0) is 43.2 Å². The van der Waals surface area contributed by atoms with E-state index in [1.807, 2.05) is 0 Å². The Balaban J connectivity index is 2.00. The van der Waals surface area contributed by atoms with Gasteiger partial charge in [0, 0.05) is 12.6 Å². The predicted molar refractivity (Wildman–Crippen MR) is 74.2 cm³/mol. The molecule has 2 rings (SSSR count). The standard InChI is InChI=1S/C16H25N/c1-12-7-8-13(2)14(10-12)11-17-15-6-5-9-16(15,3)4/h7-8,10,15,17H,5-6,9,11H2,1-4H3. The molecule has 1 aromatic carbocycles. The molecule has 0 amide bonds. The maximum atomic E-state index is 3.76. The van der Waals surface area contributed by atoms with E-state index in [4.69, 9.17) is 0 Å². The van der Waals surface area contributed by atoms with E-state index in [-0.39, 0.29) is 0 Å². The molecule has 1 atom stereocenters. The average Bonchev–Trinajstić information content (AvgIpc) is 2.59. The predicted octanol–water partition coefficient (Wildman–Crippen LogP) is 3.97. The lowest BCUT2D eigenvalue weighted by Crippen LogP contribution is -2.37. The number of aryl methyl sites for hydroxylation is 2. The van der Waals surface area contributed by atoms with Gasteiger partial charge < -0.3 is 5.32 Å². The normalized spacial score (nSPS) is 22.9. The topological polar surface area (TPSA) is 12.0 Å². The summed E-state index contributed by atoms with van der Waals surface area (Å²) in [5, 5.41) is 3.76. The van der Waals surface area contributed by atoms with Crippen molar-refractivity contribution in [3.63, 3.8) is 0 Å². The summed E-state index contributed by atoms with van der Waals surface area (Å²) in [5.41, 5.74) is 4.68. The molecule has 1 fully saturated rings. The number of hydrogen-bond donors (Lipinski definition) is 1. The fraction of sp³-hybridized carbons (Fsp3) is 0.625. The number of hydrogen-bond acceptors (Lipinski definition) is 1. The first kappa shape index (κ1) is 12.6. The molecule has 0 bridgehead atoms. The second kappa shape index (κ2) is 4.81. The van der Waals surface area contributed by atoms with Crippen LogP contribution >= 0.6 is 0 Å². The summed E-state index contributed by atoms with van der Waals surface area (Å²) in [7, 11) is 0. The highest BCUT2D eigenvalue weighted by atomic mass is 14.9. The van der Waals surface area contributed by atoms with Crippen LogP contribution in [0.4, 0.5) is 0 Å². The molecule has 1 N–H and O–H groups in total. The summed E-state index contributed by atoms with van der Waals surface area (Å²) in [6.07, 6.45) is 4.06. The Kier molecular flexibility index (Phi) is 3.58.